The molecule has 328 valence electrons. The summed E-state index contributed by atoms with van der Waals surface area (Å²) in [5.41, 5.74) is 5.78. The van der Waals surface area contributed by atoms with Gasteiger partial charge in [-0.25, -0.2) is 9.55 Å². The van der Waals surface area contributed by atoms with Gasteiger partial charge in [0.05, 0.1) is 38.2 Å². The molecule has 4 atom stereocenters. The molecule has 0 bridgehead atoms. The number of aromatic amines is 1. The van der Waals surface area contributed by atoms with Crippen molar-refractivity contribution in [2.24, 2.45) is 11.8 Å². The molecule has 0 radical (unpaired) electrons. The van der Waals surface area contributed by atoms with Gasteiger partial charge < -0.3 is 15.6 Å². The van der Waals surface area contributed by atoms with Crippen LogP contribution in [0.3, 0.4) is 0 Å². The Labute approximate surface area is 343 Å². The maximum atomic E-state index is 14.2. The van der Waals surface area contributed by atoms with Gasteiger partial charge >= 0.3 is 13.8 Å². The van der Waals surface area contributed by atoms with E-state index in [1.807, 2.05) is 0 Å². The molecular formula is C43H78N5O8P. The number of phosphoric ester groups is 1. The molecule has 1 aliphatic heterocycles. The average molecular weight is 824 g/mol. The molecule has 3 heterocycles. The summed E-state index contributed by atoms with van der Waals surface area (Å²) in [6.45, 7) is 6.98. The lowest BCUT2D eigenvalue weighted by Crippen LogP contribution is -2.32. The molecule has 2 aromatic rings. The molecule has 1 fully saturated rings. The molecule has 1 unspecified atom stereocenters. The maximum Gasteiger partial charge on any atom is 0.474 e. The summed E-state index contributed by atoms with van der Waals surface area (Å²) in [5, 5.41) is 10.6. The smallest absolute Gasteiger partial charge is 0.474 e. The number of carbonyl (C=O) groups is 1. The second-order valence-corrected chi connectivity index (χ2v) is 17.9. The third-order valence-electron chi connectivity index (χ3n) is 11.4. The first-order chi connectivity index (χ1) is 27.7. The fraction of sp³-hybridized carbons (Fsp3) is 0.860. The molecule has 0 saturated carbocycles. The molecule has 2 aromatic heterocycles. The van der Waals surface area contributed by atoms with E-state index in [4.69, 9.17) is 24.0 Å². The van der Waals surface area contributed by atoms with Crippen LogP contribution < -0.4 is 11.3 Å². The van der Waals surface area contributed by atoms with E-state index < -0.39 is 43.5 Å². The van der Waals surface area contributed by atoms with E-state index in [9.17, 15) is 19.3 Å². The molecule has 14 heteroatoms. The summed E-state index contributed by atoms with van der Waals surface area (Å²) in [6.07, 6.45) is 29.0. The molecule has 1 aliphatic rings. The highest BCUT2D eigenvalue weighted by Gasteiger charge is 2.45. The number of hydrogen-bond donors (Lipinski definition) is 3. The van der Waals surface area contributed by atoms with Crippen molar-refractivity contribution in [2.45, 2.75) is 206 Å². The minimum Gasteiger partial charge on any atom is -0.481 e. The number of anilines is 1. The zero-order valence-corrected chi connectivity index (χ0v) is 36.7. The fourth-order valence-corrected chi connectivity index (χ4v) is 9.22. The van der Waals surface area contributed by atoms with Crippen molar-refractivity contribution in [3.8, 4) is 0 Å². The van der Waals surface area contributed by atoms with Crippen LogP contribution in [-0.2, 0) is 27.7 Å². The van der Waals surface area contributed by atoms with Gasteiger partial charge in [-0.1, -0.05) is 168 Å². The lowest BCUT2D eigenvalue weighted by atomic mass is 9.83. The molecule has 13 nitrogen and oxygen atoms in total. The Hall–Kier alpha value is -2.31. The number of carboxylic acids is 1. The van der Waals surface area contributed by atoms with E-state index in [-0.39, 0.29) is 36.9 Å². The second kappa shape index (κ2) is 29.0. The monoisotopic (exact) mass is 824 g/mol. The van der Waals surface area contributed by atoms with Gasteiger partial charge in [-0.05, 0) is 25.7 Å². The van der Waals surface area contributed by atoms with Crippen molar-refractivity contribution in [1.29, 1.82) is 0 Å². The highest BCUT2D eigenvalue weighted by molar-refractivity contribution is 7.48. The molecular weight excluding hydrogens is 745 g/mol. The number of nitrogens with two attached hydrogens (primary N) is 1. The van der Waals surface area contributed by atoms with E-state index in [2.05, 4.69) is 35.7 Å². The SMILES string of the molecule is CCCCCCCCCCC[C@@H](C(=O)O)[C@@H]1C[C@H](n2cnc3c(=O)[nH]c(N)nc32)OC1COP(=O)(OCCCCCCCCCC)OCCCCCCCCCC. The first kappa shape index (κ1) is 49.1. The van der Waals surface area contributed by atoms with Crippen molar-refractivity contribution < 1.29 is 32.8 Å². The Morgan fingerprint density at radius 1 is 0.807 bits per heavy atom. The number of carboxylic acid groups (broad SMARTS) is 1. The summed E-state index contributed by atoms with van der Waals surface area (Å²) in [5.74, 6) is -2.16. The molecule has 1 saturated heterocycles. The highest BCUT2D eigenvalue weighted by Crippen LogP contribution is 2.51. The lowest BCUT2D eigenvalue weighted by molar-refractivity contribution is -0.145. The van der Waals surface area contributed by atoms with E-state index in [1.54, 1.807) is 4.57 Å². The van der Waals surface area contributed by atoms with Gasteiger partial charge in [0.1, 0.15) is 6.23 Å². The number of phosphoric acid groups is 1. The van der Waals surface area contributed by atoms with Gasteiger partial charge in [0.25, 0.3) is 5.56 Å². The molecule has 0 aliphatic carbocycles. The Kier molecular flexibility index (Phi) is 25.0. The van der Waals surface area contributed by atoms with Gasteiger partial charge in [0.2, 0.25) is 5.95 Å². The Morgan fingerprint density at radius 2 is 1.28 bits per heavy atom. The molecule has 0 aromatic carbocycles. The van der Waals surface area contributed by atoms with Gasteiger partial charge in [-0.15, -0.1) is 0 Å². The third kappa shape index (κ3) is 18.7. The van der Waals surface area contributed by atoms with E-state index in [0.29, 0.717) is 12.8 Å². The minimum atomic E-state index is -3.99. The molecule has 57 heavy (non-hydrogen) atoms. The van der Waals surface area contributed by atoms with E-state index in [1.165, 1.54) is 103 Å². The summed E-state index contributed by atoms with van der Waals surface area (Å²) in [6, 6.07) is 0. The number of rotatable bonds is 36. The molecule has 4 N–H and O–H groups in total. The fourth-order valence-electron chi connectivity index (χ4n) is 7.96. The predicted octanol–water partition coefficient (Wildman–Crippen LogP) is 11.7. The number of hydrogen-bond acceptors (Lipinski definition) is 10. The number of nitrogens with one attached hydrogen (secondary N) is 1. The third-order valence-corrected chi connectivity index (χ3v) is 12.9. The van der Waals surface area contributed by atoms with Crippen LogP contribution in [0.15, 0.2) is 11.1 Å². The highest BCUT2D eigenvalue weighted by atomic mass is 31.2. The van der Waals surface area contributed by atoms with Gasteiger partial charge in [-0.3, -0.25) is 32.7 Å². The normalized spacial score (nSPS) is 17.8. The molecule has 0 amide bonds. The zero-order valence-electron chi connectivity index (χ0n) is 35.8. The van der Waals surface area contributed by atoms with Crippen LogP contribution >= 0.6 is 7.82 Å². The maximum absolute atomic E-state index is 14.2. The minimum absolute atomic E-state index is 0.0549. The lowest BCUT2D eigenvalue weighted by Gasteiger charge is -2.26. The Balaban J connectivity index is 1.69. The summed E-state index contributed by atoms with van der Waals surface area (Å²) in [7, 11) is -3.99. The number of unbranched alkanes of at least 4 members (excludes halogenated alkanes) is 22. The zero-order chi connectivity index (χ0) is 41.1. The first-order valence-electron chi connectivity index (χ1n) is 22.9. The number of imidazole rings is 1. The van der Waals surface area contributed by atoms with Gasteiger partial charge in [-0.2, -0.15) is 4.98 Å². The number of nitrogens with zero attached hydrogens (tertiary/aromatic N) is 3. The Morgan fingerprint density at radius 3 is 1.77 bits per heavy atom. The van der Waals surface area contributed by atoms with Crippen LogP contribution in [0.4, 0.5) is 5.95 Å². The van der Waals surface area contributed by atoms with Crippen LogP contribution in [0, 0.1) is 11.8 Å². The number of nitrogen functional groups attached to an aromatic ring is 1. The van der Waals surface area contributed by atoms with Gasteiger partial charge in [0, 0.05) is 5.92 Å². The summed E-state index contributed by atoms with van der Waals surface area (Å²) in [4.78, 5) is 36.5. The van der Waals surface area contributed by atoms with E-state index >= 15 is 0 Å². The molecule has 0 spiro atoms. The number of fused-ring (bicyclic) bond motifs is 1. The van der Waals surface area contributed by atoms with Crippen molar-refractivity contribution >= 4 is 30.9 Å². The number of aliphatic carboxylic acids is 1. The summed E-state index contributed by atoms with van der Waals surface area (Å²) >= 11 is 0. The topological polar surface area (TPSA) is 181 Å². The summed E-state index contributed by atoms with van der Waals surface area (Å²) < 4.78 is 40.3. The van der Waals surface area contributed by atoms with Crippen LogP contribution in [-0.4, -0.2) is 56.5 Å². The quantitative estimate of drug-likeness (QED) is 0.0439. The standard InChI is InChI=1S/C43H78N5O8P/c1-4-7-10-13-16-19-20-23-26-29-35(42(50)51)36-32-38(48-34-45-39-40(48)46-43(44)47-41(39)49)56-37(36)33-55-57(52,53-30-27-24-21-17-14-11-8-5-2)54-31-28-25-22-18-15-12-9-6-3/h34-38H,4-33H2,1-3H3,(H,50,51)(H3,44,46,47,49)/t35-,36+,37?,38-/m1/s1. The van der Waals surface area contributed by atoms with E-state index in [0.717, 1.165) is 64.2 Å². The Bertz CT molecular complexity index is 1440. The van der Waals surface area contributed by atoms with Crippen molar-refractivity contribution in [1.82, 2.24) is 19.5 Å². The van der Waals surface area contributed by atoms with Crippen LogP contribution in [0.2, 0.25) is 0 Å². The number of H-pyrrole nitrogens is 1. The number of ether oxygens (including phenoxy) is 1. The van der Waals surface area contributed by atoms with Crippen LogP contribution in [0.25, 0.3) is 11.2 Å². The second-order valence-electron chi connectivity index (χ2n) is 16.2. The van der Waals surface area contributed by atoms with Gasteiger partial charge in [0.15, 0.2) is 11.2 Å². The van der Waals surface area contributed by atoms with Crippen LogP contribution in [0.1, 0.15) is 200 Å². The molecule has 3 rings (SSSR count). The largest absolute Gasteiger partial charge is 0.481 e. The van der Waals surface area contributed by atoms with Crippen molar-refractivity contribution in [2.75, 3.05) is 25.6 Å². The first-order valence-corrected chi connectivity index (χ1v) is 24.3. The predicted molar refractivity (Wildman–Crippen MR) is 228 cm³/mol. The van der Waals surface area contributed by atoms with Crippen molar-refractivity contribution in [3.05, 3.63) is 16.7 Å². The average Bonchev–Trinajstić information content (AvgIpc) is 3.81. The van der Waals surface area contributed by atoms with Crippen LogP contribution in [0.5, 0.6) is 0 Å². The number of aromatic nitrogens is 4. The van der Waals surface area contributed by atoms with Crippen molar-refractivity contribution in [3.63, 3.8) is 0 Å².